The van der Waals surface area contributed by atoms with Crippen molar-refractivity contribution in [2.24, 2.45) is 5.92 Å². The molecule has 2 aromatic carbocycles. The van der Waals surface area contributed by atoms with Crippen molar-refractivity contribution in [3.8, 4) is 0 Å². The van der Waals surface area contributed by atoms with Crippen molar-refractivity contribution in [1.82, 2.24) is 15.1 Å². The number of piperidine rings is 1. The molecule has 0 saturated carbocycles. The molecule has 1 fully saturated rings. The molecule has 3 aromatic rings. The van der Waals surface area contributed by atoms with Crippen molar-refractivity contribution in [1.29, 1.82) is 0 Å². The predicted octanol–water partition coefficient (Wildman–Crippen LogP) is 4.43. The molecule has 35 heavy (non-hydrogen) atoms. The van der Waals surface area contributed by atoms with E-state index in [1.54, 1.807) is 4.90 Å². The second kappa shape index (κ2) is 10.7. The molecular weight excluding hydrogens is 469 g/mol. The summed E-state index contributed by atoms with van der Waals surface area (Å²) in [5.41, 5.74) is 3.44. The molecule has 0 spiro atoms. The van der Waals surface area contributed by atoms with Crippen molar-refractivity contribution in [2.45, 2.75) is 33.1 Å². The second-order valence-corrected chi connectivity index (χ2v) is 9.59. The fourth-order valence-electron chi connectivity index (χ4n) is 3.94. The van der Waals surface area contributed by atoms with Crippen LogP contribution >= 0.6 is 11.3 Å². The smallest absolute Gasteiger partial charge is 0.286 e. The van der Waals surface area contributed by atoms with E-state index < -0.39 is 11.7 Å². The van der Waals surface area contributed by atoms with E-state index in [0.29, 0.717) is 38.0 Å². The van der Waals surface area contributed by atoms with Gasteiger partial charge in [0.05, 0.1) is 0 Å². The molecule has 1 aliphatic rings. The van der Waals surface area contributed by atoms with Gasteiger partial charge in [0, 0.05) is 30.9 Å². The van der Waals surface area contributed by atoms with Gasteiger partial charge in [-0.15, -0.1) is 10.2 Å². The quantitative estimate of drug-likeness (QED) is 0.527. The number of carbonyl (C=O) groups is 3. The SMILES string of the molecule is Cc1cccc(NC(=O)CC2CCN(C(=O)c3nnc(C(=O)Nc4ccc(F)cc4)s3)CC2)c1C. The molecule has 0 radical (unpaired) electrons. The van der Waals surface area contributed by atoms with Gasteiger partial charge in [-0.3, -0.25) is 14.4 Å². The van der Waals surface area contributed by atoms with Crippen LogP contribution in [0.1, 0.15) is 50.0 Å². The highest BCUT2D eigenvalue weighted by molar-refractivity contribution is 7.15. The van der Waals surface area contributed by atoms with Crippen molar-refractivity contribution in [2.75, 3.05) is 23.7 Å². The van der Waals surface area contributed by atoms with Crippen LogP contribution in [0.25, 0.3) is 0 Å². The van der Waals surface area contributed by atoms with Gasteiger partial charge >= 0.3 is 0 Å². The van der Waals surface area contributed by atoms with Crippen LogP contribution < -0.4 is 10.6 Å². The van der Waals surface area contributed by atoms with Crippen LogP contribution in [-0.4, -0.2) is 45.9 Å². The Morgan fingerprint density at radius 1 is 1.00 bits per heavy atom. The van der Waals surface area contributed by atoms with E-state index in [2.05, 4.69) is 20.8 Å². The van der Waals surface area contributed by atoms with Crippen molar-refractivity contribution >= 4 is 40.4 Å². The van der Waals surface area contributed by atoms with Crippen molar-refractivity contribution in [3.05, 3.63) is 69.4 Å². The highest BCUT2D eigenvalue weighted by atomic mass is 32.1. The molecule has 1 saturated heterocycles. The lowest BCUT2D eigenvalue weighted by Crippen LogP contribution is -2.39. The van der Waals surface area contributed by atoms with E-state index in [4.69, 9.17) is 0 Å². The zero-order valence-corrected chi connectivity index (χ0v) is 20.3. The number of aryl methyl sites for hydroxylation is 1. The van der Waals surface area contributed by atoms with E-state index in [1.165, 1.54) is 24.3 Å². The summed E-state index contributed by atoms with van der Waals surface area (Å²) in [4.78, 5) is 39.4. The molecule has 1 aliphatic heterocycles. The molecule has 0 bridgehead atoms. The normalized spacial score (nSPS) is 14.0. The number of hydrogen-bond donors (Lipinski definition) is 2. The van der Waals surface area contributed by atoms with Crippen LogP contribution in [0, 0.1) is 25.6 Å². The minimum atomic E-state index is -0.512. The summed E-state index contributed by atoms with van der Waals surface area (Å²) in [6, 6.07) is 11.2. The van der Waals surface area contributed by atoms with Crippen LogP contribution in [0.4, 0.5) is 15.8 Å². The molecule has 182 valence electrons. The number of nitrogens with zero attached hydrogens (tertiary/aromatic N) is 3. The molecule has 0 aliphatic carbocycles. The number of anilines is 2. The Morgan fingerprint density at radius 2 is 1.69 bits per heavy atom. The zero-order valence-electron chi connectivity index (χ0n) is 19.5. The van der Waals surface area contributed by atoms with Crippen molar-refractivity contribution in [3.63, 3.8) is 0 Å². The van der Waals surface area contributed by atoms with E-state index >= 15 is 0 Å². The minimum Gasteiger partial charge on any atom is -0.337 e. The van der Waals surface area contributed by atoms with Crippen LogP contribution in [0.15, 0.2) is 42.5 Å². The monoisotopic (exact) mass is 495 g/mol. The fraction of sp³-hybridized carbons (Fsp3) is 0.320. The van der Waals surface area contributed by atoms with Gasteiger partial charge in [0.1, 0.15) is 5.82 Å². The summed E-state index contributed by atoms with van der Waals surface area (Å²) in [5, 5.41) is 13.5. The zero-order chi connectivity index (χ0) is 24.9. The number of amides is 3. The lowest BCUT2D eigenvalue weighted by Gasteiger charge is -2.31. The Labute approximate surface area is 206 Å². The molecule has 2 heterocycles. The van der Waals surface area contributed by atoms with Gasteiger partial charge in [0.2, 0.25) is 15.9 Å². The third-order valence-electron chi connectivity index (χ3n) is 6.16. The molecule has 0 unspecified atom stereocenters. The van der Waals surface area contributed by atoms with E-state index in [1.807, 2.05) is 32.0 Å². The van der Waals surface area contributed by atoms with Crippen molar-refractivity contribution < 1.29 is 18.8 Å². The Hall–Kier alpha value is -3.66. The number of carbonyl (C=O) groups excluding carboxylic acids is 3. The van der Waals surface area contributed by atoms with Gasteiger partial charge in [-0.05, 0) is 74.1 Å². The summed E-state index contributed by atoms with van der Waals surface area (Å²) in [7, 11) is 0. The van der Waals surface area contributed by atoms with Gasteiger partial charge in [0.15, 0.2) is 0 Å². The van der Waals surface area contributed by atoms with Crippen LogP contribution in [0.2, 0.25) is 0 Å². The average molecular weight is 496 g/mol. The largest absolute Gasteiger partial charge is 0.337 e. The first-order valence-electron chi connectivity index (χ1n) is 11.4. The molecular formula is C25H26FN5O3S. The predicted molar refractivity (Wildman–Crippen MR) is 132 cm³/mol. The van der Waals surface area contributed by atoms with Crippen LogP contribution in [0.3, 0.4) is 0 Å². The van der Waals surface area contributed by atoms with Gasteiger partial charge in [0.25, 0.3) is 11.8 Å². The maximum atomic E-state index is 13.0. The molecule has 10 heteroatoms. The second-order valence-electron chi connectivity index (χ2n) is 8.61. The summed E-state index contributed by atoms with van der Waals surface area (Å²) in [6.07, 6.45) is 1.83. The standard InChI is InChI=1S/C25H26FN5O3S/c1-15-4-3-5-20(16(15)2)28-21(32)14-17-10-12-31(13-11-17)25(34)24-30-29-23(35-24)22(33)27-19-8-6-18(26)7-9-19/h3-9,17H,10-14H2,1-2H3,(H,27,33)(H,28,32). The number of likely N-dealkylation sites (tertiary alicyclic amines) is 1. The molecule has 8 nitrogen and oxygen atoms in total. The van der Waals surface area contributed by atoms with Crippen LogP contribution in [-0.2, 0) is 4.79 Å². The molecule has 4 rings (SSSR count). The summed E-state index contributed by atoms with van der Waals surface area (Å²) in [5.74, 6) is -1.03. The fourth-order valence-corrected chi connectivity index (χ4v) is 4.65. The third-order valence-corrected chi connectivity index (χ3v) is 7.07. The topological polar surface area (TPSA) is 104 Å². The maximum absolute atomic E-state index is 13.0. The first-order chi connectivity index (χ1) is 16.8. The molecule has 1 aromatic heterocycles. The highest BCUT2D eigenvalue weighted by Crippen LogP contribution is 2.25. The Morgan fingerprint density at radius 3 is 2.40 bits per heavy atom. The van der Waals surface area contributed by atoms with Gasteiger partial charge < -0.3 is 15.5 Å². The summed E-state index contributed by atoms with van der Waals surface area (Å²) >= 11 is 0.917. The highest BCUT2D eigenvalue weighted by Gasteiger charge is 2.28. The first-order valence-corrected chi connectivity index (χ1v) is 12.2. The number of benzene rings is 2. The number of halogens is 1. The lowest BCUT2D eigenvalue weighted by molar-refractivity contribution is -0.117. The molecule has 2 N–H and O–H groups in total. The lowest BCUT2D eigenvalue weighted by atomic mass is 9.93. The number of aromatic nitrogens is 2. The maximum Gasteiger partial charge on any atom is 0.286 e. The minimum absolute atomic E-state index is 0.0237. The van der Waals surface area contributed by atoms with E-state index in [0.717, 1.165) is 28.2 Å². The van der Waals surface area contributed by atoms with E-state index in [9.17, 15) is 18.8 Å². The molecule has 3 amide bonds. The number of hydrogen-bond acceptors (Lipinski definition) is 6. The van der Waals surface area contributed by atoms with Gasteiger partial charge in [-0.25, -0.2) is 4.39 Å². The van der Waals surface area contributed by atoms with Crippen LogP contribution in [0.5, 0.6) is 0 Å². The summed E-state index contributed by atoms with van der Waals surface area (Å²) < 4.78 is 13.0. The Bertz CT molecular complexity index is 1240. The first kappa shape index (κ1) is 24.5. The van der Waals surface area contributed by atoms with E-state index in [-0.39, 0.29) is 27.7 Å². The third kappa shape index (κ3) is 6.07. The number of nitrogens with one attached hydrogen (secondary N) is 2. The molecule has 0 atom stereocenters. The Kier molecular flexibility index (Phi) is 7.50. The Balaban J connectivity index is 1.27. The number of rotatable bonds is 6. The van der Waals surface area contributed by atoms with Gasteiger partial charge in [-0.1, -0.05) is 23.5 Å². The summed E-state index contributed by atoms with van der Waals surface area (Å²) in [6.45, 7) is 5.02. The average Bonchev–Trinajstić information content (AvgIpc) is 3.34. The van der Waals surface area contributed by atoms with Gasteiger partial charge in [-0.2, -0.15) is 0 Å².